The van der Waals surface area contributed by atoms with E-state index in [9.17, 15) is 24.5 Å². The molecule has 0 aliphatic rings. The quantitative estimate of drug-likeness (QED) is 0.461. The number of non-ortho nitro benzene ring substituents is 1. The minimum absolute atomic E-state index is 0.00241. The fraction of sp³-hybridized carbons (Fsp3) is 0.211. The highest BCUT2D eigenvalue weighted by Gasteiger charge is 2.17. The molecule has 0 spiro atoms. The monoisotopic (exact) mass is 385 g/mol. The standard InChI is InChI=1S/C19H19N3O6/c1-11-7-12(2)17(13(3)8-11)19(25)28-10-16(23)20-21-18(24)14-5-4-6-15(9-14)22(26)27/h4-9H,10H2,1-3H3,(H,20,23)(H,21,24). The highest BCUT2D eigenvalue weighted by Crippen LogP contribution is 2.17. The predicted octanol–water partition coefficient (Wildman–Crippen LogP) is 2.14. The summed E-state index contributed by atoms with van der Waals surface area (Å²) in [6.07, 6.45) is 0. The van der Waals surface area contributed by atoms with E-state index in [2.05, 4.69) is 10.9 Å². The number of hydrogen-bond acceptors (Lipinski definition) is 6. The molecule has 0 saturated carbocycles. The van der Waals surface area contributed by atoms with Crippen LogP contribution in [0.1, 0.15) is 37.4 Å². The van der Waals surface area contributed by atoms with Crippen LogP contribution in [0.3, 0.4) is 0 Å². The summed E-state index contributed by atoms with van der Waals surface area (Å²) in [7, 11) is 0. The lowest BCUT2D eigenvalue weighted by Crippen LogP contribution is -2.43. The van der Waals surface area contributed by atoms with Gasteiger partial charge >= 0.3 is 5.97 Å². The van der Waals surface area contributed by atoms with Gasteiger partial charge in [-0.25, -0.2) is 4.79 Å². The van der Waals surface area contributed by atoms with E-state index >= 15 is 0 Å². The zero-order valence-electron chi connectivity index (χ0n) is 15.6. The fourth-order valence-corrected chi connectivity index (χ4v) is 2.70. The van der Waals surface area contributed by atoms with Gasteiger partial charge in [-0.05, 0) is 38.0 Å². The van der Waals surface area contributed by atoms with Crippen molar-refractivity contribution in [2.24, 2.45) is 0 Å². The molecule has 0 bridgehead atoms. The van der Waals surface area contributed by atoms with Gasteiger partial charge in [0.1, 0.15) is 0 Å². The second-order valence-electron chi connectivity index (χ2n) is 6.16. The number of nitro groups is 1. The Bertz CT molecular complexity index is 931. The minimum atomic E-state index is -0.755. The maximum Gasteiger partial charge on any atom is 0.339 e. The van der Waals surface area contributed by atoms with Gasteiger partial charge in [-0.1, -0.05) is 23.8 Å². The number of nitrogens with zero attached hydrogens (tertiary/aromatic N) is 1. The maximum absolute atomic E-state index is 12.2. The lowest BCUT2D eigenvalue weighted by Gasteiger charge is -2.11. The molecule has 0 aliphatic carbocycles. The van der Waals surface area contributed by atoms with Crippen molar-refractivity contribution in [3.63, 3.8) is 0 Å². The smallest absolute Gasteiger partial charge is 0.339 e. The van der Waals surface area contributed by atoms with E-state index < -0.39 is 29.3 Å². The van der Waals surface area contributed by atoms with Crippen molar-refractivity contribution in [1.82, 2.24) is 10.9 Å². The van der Waals surface area contributed by atoms with Crippen LogP contribution in [-0.4, -0.2) is 29.3 Å². The third kappa shape index (κ3) is 5.13. The number of rotatable bonds is 5. The molecule has 0 unspecified atom stereocenters. The van der Waals surface area contributed by atoms with E-state index in [0.29, 0.717) is 5.56 Å². The number of amides is 2. The van der Waals surface area contributed by atoms with Crippen LogP contribution >= 0.6 is 0 Å². The van der Waals surface area contributed by atoms with Crippen molar-refractivity contribution >= 4 is 23.5 Å². The number of hydrogen-bond donors (Lipinski definition) is 2. The Labute approximate surface area is 160 Å². The van der Waals surface area contributed by atoms with Crippen molar-refractivity contribution in [3.05, 3.63) is 74.3 Å². The van der Waals surface area contributed by atoms with Gasteiger partial charge in [0.25, 0.3) is 17.5 Å². The van der Waals surface area contributed by atoms with Gasteiger partial charge in [0.15, 0.2) is 6.61 Å². The zero-order chi connectivity index (χ0) is 20.8. The topological polar surface area (TPSA) is 128 Å². The fourth-order valence-electron chi connectivity index (χ4n) is 2.70. The molecule has 0 heterocycles. The van der Waals surface area contributed by atoms with Crippen LogP contribution in [0.2, 0.25) is 0 Å². The molecular formula is C19H19N3O6. The lowest BCUT2D eigenvalue weighted by molar-refractivity contribution is -0.384. The van der Waals surface area contributed by atoms with E-state index in [4.69, 9.17) is 4.74 Å². The van der Waals surface area contributed by atoms with Crippen molar-refractivity contribution in [1.29, 1.82) is 0 Å². The van der Waals surface area contributed by atoms with Crippen LogP contribution in [0.25, 0.3) is 0 Å². The second-order valence-corrected chi connectivity index (χ2v) is 6.16. The molecule has 28 heavy (non-hydrogen) atoms. The summed E-state index contributed by atoms with van der Waals surface area (Å²) in [6, 6.07) is 8.69. The molecule has 0 fully saturated rings. The number of ether oxygens (including phenoxy) is 1. The lowest BCUT2D eigenvalue weighted by atomic mass is 10.00. The first-order valence-electron chi connectivity index (χ1n) is 8.27. The first-order valence-corrected chi connectivity index (χ1v) is 8.27. The molecule has 2 aromatic carbocycles. The van der Waals surface area contributed by atoms with Crippen molar-refractivity contribution < 1.29 is 24.0 Å². The molecule has 0 atom stereocenters. The first kappa shape index (κ1) is 20.6. The van der Waals surface area contributed by atoms with Crippen molar-refractivity contribution in [2.75, 3.05) is 6.61 Å². The number of carbonyl (C=O) groups excluding carboxylic acids is 3. The Morgan fingerprint density at radius 3 is 2.29 bits per heavy atom. The minimum Gasteiger partial charge on any atom is -0.452 e. The number of benzene rings is 2. The van der Waals surface area contributed by atoms with Crippen LogP contribution in [0, 0.1) is 30.9 Å². The highest BCUT2D eigenvalue weighted by atomic mass is 16.6. The van der Waals surface area contributed by atoms with Crippen LogP contribution in [-0.2, 0) is 9.53 Å². The molecule has 9 heteroatoms. The summed E-state index contributed by atoms with van der Waals surface area (Å²) in [6.45, 7) is 4.86. The van der Waals surface area contributed by atoms with E-state index in [-0.39, 0.29) is 11.3 Å². The molecule has 146 valence electrons. The summed E-state index contributed by atoms with van der Waals surface area (Å²) >= 11 is 0. The molecule has 2 amide bonds. The summed E-state index contributed by atoms with van der Waals surface area (Å²) in [5.41, 5.74) is 6.81. The van der Waals surface area contributed by atoms with Gasteiger partial charge in [0, 0.05) is 17.7 Å². The van der Waals surface area contributed by atoms with Gasteiger partial charge in [0.05, 0.1) is 10.5 Å². The third-order valence-electron chi connectivity index (χ3n) is 3.85. The van der Waals surface area contributed by atoms with Crippen LogP contribution in [0.4, 0.5) is 5.69 Å². The summed E-state index contributed by atoms with van der Waals surface area (Å²) in [5, 5.41) is 10.7. The molecule has 0 aromatic heterocycles. The maximum atomic E-state index is 12.2. The van der Waals surface area contributed by atoms with Crippen LogP contribution in [0.15, 0.2) is 36.4 Å². The van der Waals surface area contributed by atoms with E-state index in [1.165, 1.54) is 18.2 Å². The summed E-state index contributed by atoms with van der Waals surface area (Å²) in [5.74, 6) is -2.14. The molecule has 0 aliphatic heterocycles. The number of nitro benzene ring substituents is 1. The van der Waals surface area contributed by atoms with E-state index in [1.54, 1.807) is 13.8 Å². The average Bonchev–Trinajstić information content (AvgIpc) is 2.63. The summed E-state index contributed by atoms with van der Waals surface area (Å²) in [4.78, 5) is 46.1. The molecule has 0 radical (unpaired) electrons. The Balaban J connectivity index is 1.89. The van der Waals surface area contributed by atoms with Gasteiger partial charge < -0.3 is 4.74 Å². The Hall–Kier alpha value is -3.75. The van der Waals surface area contributed by atoms with Gasteiger partial charge in [-0.3, -0.25) is 30.6 Å². The van der Waals surface area contributed by atoms with Crippen LogP contribution in [0.5, 0.6) is 0 Å². The van der Waals surface area contributed by atoms with Crippen molar-refractivity contribution in [2.45, 2.75) is 20.8 Å². The normalized spacial score (nSPS) is 10.1. The SMILES string of the molecule is Cc1cc(C)c(C(=O)OCC(=O)NNC(=O)c2cccc([N+](=O)[O-])c2)c(C)c1. The highest BCUT2D eigenvalue weighted by molar-refractivity contribution is 5.97. The number of carbonyl (C=O) groups is 3. The number of nitrogens with one attached hydrogen (secondary N) is 2. The molecule has 2 N–H and O–H groups in total. The second kappa shape index (κ2) is 8.76. The van der Waals surface area contributed by atoms with E-state index in [0.717, 1.165) is 22.8 Å². The van der Waals surface area contributed by atoms with Gasteiger partial charge in [-0.15, -0.1) is 0 Å². The molecule has 9 nitrogen and oxygen atoms in total. The first-order chi connectivity index (χ1) is 13.2. The van der Waals surface area contributed by atoms with Crippen molar-refractivity contribution in [3.8, 4) is 0 Å². The Kier molecular flexibility index (Phi) is 6.43. The summed E-state index contributed by atoms with van der Waals surface area (Å²) < 4.78 is 4.99. The van der Waals surface area contributed by atoms with Gasteiger partial charge in [-0.2, -0.15) is 0 Å². The molecular weight excluding hydrogens is 366 g/mol. The number of aryl methyl sites for hydroxylation is 3. The Morgan fingerprint density at radius 1 is 1.04 bits per heavy atom. The predicted molar refractivity (Wildman–Crippen MR) is 99.6 cm³/mol. The van der Waals surface area contributed by atoms with Gasteiger partial charge in [0.2, 0.25) is 0 Å². The van der Waals surface area contributed by atoms with E-state index in [1.807, 2.05) is 19.1 Å². The van der Waals surface area contributed by atoms with Crippen LogP contribution < -0.4 is 10.9 Å². The largest absolute Gasteiger partial charge is 0.452 e. The molecule has 0 saturated heterocycles. The third-order valence-corrected chi connectivity index (χ3v) is 3.85. The average molecular weight is 385 g/mol. The number of hydrazine groups is 1. The zero-order valence-corrected chi connectivity index (χ0v) is 15.6. The number of esters is 1. The molecule has 2 rings (SSSR count). The Morgan fingerprint density at radius 2 is 1.68 bits per heavy atom. The molecule has 2 aromatic rings.